The van der Waals surface area contributed by atoms with Crippen LogP contribution in [0.15, 0.2) is 0 Å². The molecule has 5 nitrogen and oxygen atoms in total. The van der Waals surface area contributed by atoms with Crippen LogP contribution < -0.4 is 0 Å². The van der Waals surface area contributed by atoms with Crippen LogP contribution in [0.4, 0.5) is 4.79 Å². The molecule has 12 heavy (non-hydrogen) atoms. The lowest BCUT2D eigenvalue weighted by molar-refractivity contribution is -0.138. The van der Waals surface area contributed by atoms with Gasteiger partial charge in [-0.15, -0.1) is 0 Å². The van der Waals surface area contributed by atoms with Crippen molar-refractivity contribution in [2.75, 3.05) is 14.1 Å². The van der Waals surface area contributed by atoms with Gasteiger partial charge in [0.15, 0.2) is 0 Å². The fraction of sp³-hybridized carbons (Fsp3) is 0.571. The molecule has 0 bridgehead atoms. The molecule has 0 saturated carbocycles. The maximum absolute atomic E-state index is 11.1. The molecule has 0 spiro atoms. The second-order valence-electron chi connectivity index (χ2n) is 2.55. The highest BCUT2D eigenvalue weighted by atomic mass is 16.2. The third-order valence-electron chi connectivity index (χ3n) is 1.20. The van der Waals surface area contributed by atoms with Crippen LogP contribution in [0.3, 0.4) is 0 Å². The van der Waals surface area contributed by atoms with Gasteiger partial charge in [0.2, 0.25) is 11.8 Å². The second-order valence-corrected chi connectivity index (χ2v) is 2.55. The van der Waals surface area contributed by atoms with Gasteiger partial charge in [-0.05, 0) is 0 Å². The molecule has 0 atom stereocenters. The third-order valence-corrected chi connectivity index (χ3v) is 1.20. The summed E-state index contributed by atoms with van der Waals surface area (Å²) < 4.78 is 0. The molecule has 0 aliphatic rings. The Morgan fingerprint density at radius 3 is 1.33 bits per heavy atom. The molecule has 0 saturated heterocycles. The number of urea groups is 1. The van der Waals surface area contributed by atoms with Crippen molar-refractivity contribution in [3.05, 3.63) is 0 Å². The fourth-order valence-electron chi connectivity index (χ4n) is 0.691. The van der Waals surface area contributed by atoms with Crippen LogP contribution in [0.5, 0.6) is 0 Å². The number of carbonyl (C=O) groups excluding carboxylic acids is 3. The summed E-state index contributed by atoms with van der Waals surface area (Å²) in [7, 11) is 2.95. The molecule has 0 N–H and O–H groups in total. The average molecular weight is 172 g/mol. The van der Waals surface area contributed by atoms with Crippen molar-refractivity contribution in [3.8, 4) is 0 Å². The zero-order chi connectivity index (χ0) is 9.89. The molecule has 0 radical (unpaired) electrons. The Hall–Kier alpha value is -1.39. The summed E-state index contributed by atoms with van der Waals surface area (Å²) in [6, 6.07) is -0.616. The van der Waals surface area contributed by atoms with Gasteiger partial charge in [-0.1, -0.05) is 0 Å². The van der Waals surface area contributed by atoms with Gasteiger partial charge in [-0.25, -0.2) is 9.69 Å². The van der Waals surface area contributed by atoms with E-state index in [0.29, 0.717) is 4.90 Å². The SMILES string of the molecule is CC(=O)N(C(C)=O)C(=O)N(C)C. The minimum absolute atomic E-state index is 0.568. The summed E-state index contributed by atoms with van der Waals surface area (Å²) in [5.41, 5.74) is 0. The van der Waals surface area contributed by atoms with E-state index in [0.717, 1.165) is 0 Å². The van der Waals surface area contributed by atoms with E-state index in [-0.39, 0.29) is 0 Å². The number of nitrogens with zero attached hydrogens (tertiary/aromatic N) is 2. The van der Waals surface area contributed by atoms with E-state index in [1.807, 2.05) is 0 Å². The number of amides is 4. The number of carbonyl (C=O) groups is 3. The first-order valence-corrected chi connectivity index (χ1v) is 3.40. The van der Waals surface area contributed by atoms with E-state index in [2.05, 4.69) is 0 Å². The number of hydrogen-bond donors (Lipinski definition) is 0. The Morgan fingerprint density at radius 1 is 0.917 bits per heavy atom. The number of imide groups is 3. The first-order chi connectivity index (χ1) is 5.37. The maximum atomic E-state index is 11.1. The topological polar surface area (TPSA) is 57.7 Å². The summed E-state index contributed by atoms with van der Waals surface area (Å²) in [5, 5.41) is 0. The molecule has 0 heterocycles. The summed E-state index contributed by atoms with van der Waals surface area (Å²) in [6.45, 7) is 2.34. The van der Waals surface area contributed by atoms with E-state index in [1.165, 1.54) is 32.8 Å². The van der Waals surface area contributed by atoms with Crippen LogP contribution in [0.2, 0.25) is 0 Å². The molecule has 5 heteroatoms. The molecule has 4 amide bonds. The molecular formula is C7H12N2O3. The van der Waals surface area contributed by atoms with Crippen LogP contribution in [0.1, 0.15) is 13.8 Å². The van der Waals surface area contributed by atoms with Gasteiger partial charge in [-0.2, -0.15) is 0 Å². The zero-order valence-corrected chi connectivity index (χ0v) is 7.62. The lowest BCUT2D eigenvalue weighted by Gasteiger charge is -2.19. The first kappa shape index (κ1) is 10.6. The molecule has 0 rings (SSSR count). The highest BCUT2D eigenvalue weighted by Gasteiger charge is 2.23. The fourth-order valence-corrected chi connectivity index (χ4v) is 0.691. The standard InChI is InChI=1S/C7H12N2O3/c1-5(10)9(6(2)11)7(12)8(3)4/h1-4H3. The van der Waals surface area contributed by atoms with Gasteiger partial charge < -0.3 is 4.90 Å². The Kier molecular flexibility index (Phi) is 3.40. The normalized spacial score (nSPS) is 9.00. The van der Waals surface area contributed by atoms with Crippen LogP contribution in [0.25, 0.3) is 0 Å². The van der Waals surface area contributed by atoms with Crippen molar-refractivity contribution < 1.29 is 14.4 Å². The molecular weight excluding hydrogens is 160 g/mol. The first-order valence-electron chi connectivity index (χ1n) is 3.40. The Labute approximate surface area is 70.9 Å². The predicted octanol–water partition coefficient (Wildman–Crippen LogP) is 0.0630. The molecule has 0 unspecified atom stereocenters. The predicted molar refractivity (Wildman–Crippen MR) is 42.3 cm³/mol. The summed E-state index contributed by atoms with van der Waals surface area (Å²) in [4.78, 5) is 34.5. The van der Waals surface area contributed by atoms with Crippen LogP contribution in [-0.4, -0.2) is 41.7 Å². The second kappa shape index (κ2) is 3.85. The lowest BCUT2D eigenvalue weighted by Crippen LogP contribution is -2.44. The van der Waals surface area contributed by atoms with Crippen molar-refractivity contribution in [2.24, 2.45) is 0 Å². The zero-order valence-electron chi connectivity index (χ0n) is 7.62. The van der Waals surface area contributed by atoms with E-state index in [9.17, 15) is 14.4 Å². The van der Waals surface area contributed by atoms with E-state index in [1.54, 1.807) is 0 Å². The molecule has 0 aromatic carbocycles. The van der Waals surface area contributed by atoms with E-state index < -0.39 is 17.8 Å². The molecule has 0 aromatic rings. The highest BCUT2D eigenvalue weighted by Crippen LogP contribution is 1.96. The number of rotatable bonds is 0. The van der Waals surface area contributed by atoms with Gasteiger partial charge in [-0.3, -0.25) is 9.59 Å². The van der Waals surface area contributed by atoms with Crippen LogP contribution >= 0.6 is 0 Å². The van der Waals surface area contributed by atoms with Gasteiger partial charge >= 0.3 is 6.03 Å². The van der Waals surface area contributed by atoms with Crippen molar-refractivity contribution in [1.82, 2.24) is 9.80 Å². The molecule has 0 aliphatic carbocycles. The molecule has 68 valence electrons. The van der Waals surface area contributed by atoms with Crippen LogP contribution in [0, 0.1) is 0 Å². The summed E-state index contributed by atoms with van der Waals surface area (Å²) in [5.74, 6) is -1.14. The number of hydrogen-bond acceptors (Lipinski definition) is 3. The quantitative estimate of drug-likeness (QED) is 0.519. The van der Waals surface area contributed by atoms with Crippen molar-refractivity contribution in [3.63, 3.8) is 0 Å². The van der Waals surface area contributed by atoms with Crippen molar-refractivity contribution in [1.29, 1.82) is 0 Å². The van der Waals surface area contributed by atoms with Gasteiger partial charge in [0.25, 0.3) is 0 Å². The Morgan fingerprint density at radius 2 is 1.25 bits per heavy atom. The highest BCUT2D eigenvalue weighted by molar-refractivity contribution is 6.08. The van der Waals surface area contributed by atoms with E-state index in [4.69, 9.17) is 0 Å². The minimum Gasteiger partial charge on any atom is -0.330 e. The van der Waals surface area contributed by atoms with E-state index >= 15 is 0 Å². The Balaban J connectivity index is 4.64. The van der Waals surface area contributed by atoms with Gasteiger partial charge in [0, 0.05) is 27.9 Å². The average Bonchev–Trinajstić information content (AvgIpc) is 1.85. The summed E-state index contributed by atoms with van der Waals surface area (Å²) in [6.07, 6.45) is 0. The van der Waals surface area contributed by atoms with Crippen molar-refractivity contribution >= 4 is 17.8 Å². The molecule has 0 aliphatic heterocycles. The smallest absolute Gasteiger partial charge is 0.330 e. The van der Waals surface area contributed by atoms with Crippen molar-refractivity contribution in [2.45, 2.75) is 13.8 Å². The van der Waals surface area contributed by atoms with Gasteiger partial charge in [0.1, 0.15) is 0 Å². The van der Waals surface area contributed by atoms with Gasteiger partial charge in [0.05, 0.1) is 0 Å². The monoisotopic (exact) mass is 172 g/mol. The maximum Gasteiger partial charge on any atom is 0.333 e. The third kappa shape index (κ3) is 2.34. The largest absolute Gasteiger partial charge is 0.333 e. The Bertz CT molecular complexity index is 209. The summed E-state index contributed by atoms with van der Waals surface area (Å²) >= 11 is 0. The minimum atomic E-state index is -0.616. The lowest BCUT2D eigenvalue weighted by atomic mass is 10.5. The van der Waals surface area contributed by atoms with Crippen LogP contribution in [-0.2, 0) is 9.59 Å². The molecule has 0 fully saturated rings. The molecule has 0 aromatic heterocycles.